The van der Waals surface area contributed by atoms with Gasteiger partial charge >= 0.3 is 6.03 Å². The summed E-state index contributed by atoms with van der Waals surface area (Å²) in [5.41, 5.74) is 2.00. The molecule has 3 aromatic rings. The molecule has 0 unspecified atom stereocenters. The third-order valence-electron chi connectivity index (χ3n) is 4.32. The van der Waals surface area contributed by atoms with E-state index in [1.165, 1.54) is 0 Å². The highest BCUT2D eigenvalue weighted by Gasteiger charge is 2.32. The average Bonchev–Trinajstić information content (AvgIpc) is 3.24. The number of hydrogen-bond acceptors (Lipinski definition) is 5. The molecule has 27 heavy (non-hydrogen) atoms. The number of urea groups is 1. The minimum atomic E-state index is -0.336. The lowest BCUT2D eigenvalue weighted by atomic mass is 10.2. The van der Waals surface area contributed by atoms with Crippen molar-refractivity contribution < 1.29 is 14.1 Å². The number of ether oxygens (including phenoxy) is 1. The predicted molar refractivity (Wildman–Crippen MR) is 100 cm³/mol. The lowest BCUT2D eigenvalue weighted by Gasteiger charge is -2.10. The molecule has 0 spiro atoms. The summed E-state index contributed by atoms with van der Waals surface area (Å²) in [5.74, 6) is 1.81. The number of carbonyl (C=O) groups excluding carboxylic acids is 1. The Hall–Kier alpha value is -3.29. The molecule has 8 heteroatoms. The van der Waals surface area contributed by atoms with Gasteiger partial charge in [-0.25, -0.2) is 4.79 Å². The van der Waals surface area contributed by atoms with Crippen LogP contribution >= 0.6 is 0 Å². The molecule has 0 atom stereocenters. The van der Waals surface area contributed by atoms with E-state index in [1.54, 1.807) is 16.9 Å². The van der Waals surface area contributed by atoms with E-state index in [9.17, 15) is 4.79 Å². The van der Waals surface area contributed by atoms with Gasteiger partial charge in [0.05, 0.1) is 6.54 Å². The van der Waals surface area contributed by atoms with Crippen molar-refractivity contribution in [1.29, 1.82) is 0 Å². The van der Waals surface area contributed by atoms with E-state index in [4.69, 9.17) is 9.26 Å². The first-order valence-electron chi connectivity index (χ1n) is 8.93. The first-order chi connectivity index (χ1) is 13.2. The largest absolute Gasteiger partial charge is 0.492 e. The molecule has 1 aromatic carbocycles. The Balaban J connectivity index is 1.33. The second-order valence-electron chi connectivity index (χ2n) is 6.51. The summed E-state index contributed by atoms with van der Waals surface area (Å²) in [6.07, 6.45) is 5.76. The highest BCUT2D eigenvalue weighted by Crippen LogP contribution is 2.44. The Kier molecular flexibility index (Phi) is 4.78. The number of hydrogen-bond donors (Lipinski definition) is 2. The molecule has 2 aromatic heterocycles. The maximum atomic E-state index is 12.4. The van der Waals surface area contributed by atoms with Gasteiger partial charge in [-0.3, -0.25) is 4.68 Å². The molecule has 2 N–H and O–H groups in total. The van der Waals surface area contributed by atoms with E-state index in [-0.39, 0.29) is 6.03 Å². The summed E-state index contributed by atoms with van der Waals surface area (Å²) < 4.78 is 12.9. The summed E-state index contributed by atoms with van der Waals surface area (Å²) in [6, 6.07) is 8.81. The molecule has 1 saturated carbocycles. The van der Waals surface area contributed by atoms with Gasteiger partial charge in [-0.1, -0.05) is 11.2 Å². The van der Waals surface area contributed by atoms with Crippen molar-refractivity contribution >= 4 is 17.4 Å². The molecule has 4 rings (SSSR count). The Morgan fingerprint density at radius 2 is 2.22 bits per heavy atom. The van der Waals surface area contributed by atoms with Crippen LogP contribution in [0.2, 0.25) is 0 Å². The maximum absolute atomic E-state index is 12.4. The van der Waals surface area contributed by atoms with Crippen molar-refractivity contribution in [2.24, 2.45) is 0 Å². The lowest BCUT2D eigenvalue weighted by molar-refractivity contribution is 0.262. The number of carbonyl (C=O) groups is 1. The molecule has 0 aliphatic heterocycles. The first kappa shape index (κ1) is 17.1. The zero-order chi connectivity index (χ0) is 18.6. The molecular formula is C19H21N5O3. The van der Waals surface area contributed by atoms with Crippen molar-refractivity contribution in [2.75, 3.05) is 17.2 Å². The average molecular weight is 367 g/mol. The fraction of sp³-hybridized carbons (Fsp3) is 0.316. The van der Waals surface area contributed by atoms with Gasteiger partial charge in [0.25, 0.3) is 0 Å². The molecule has 0 radical (unpaired) electrons. The second kappa shape index (κ2) is 7.53. The zero-order valence-electron chi connectivity index (χ0n) is 15.0. The van der Waals surface area contributed by atoms with Crippen molar-refractivity contribution in [3.8, 4) is 5.75 Å². The fourth-order valence-corrected chi connectivity index (χ4v) is 2.79. The van der Waals surface area contributed by atoms with Gasteiger partial charge in [0.1, 0.15) is 23.7 Å². The van der Waals surface area contributed by atoms with Crippen molar-refractivity contribution in [2.45, 2.75) is 32.2 Å². The minimum absolute atomic E-state index is 0.336. The normalized spacial score (nSPS) is 13.4. The third kappa shape index (κ3) is 4.28. The topological polar surface area (TPSA) is 94.2 Å². The number of aromatic nitrogens is 3. The van der Waals surface area contributed by atoms with Crippen LogP contribution in [0.4, 0.5) is 16.2 Å². The SMILES string of the molecule is Cc1noc(C2CC2)c1NC(=O)Nc1cccc(OCCn2cccn2)c1. The van der Waals surface area contributed by atoms with Crippen LogP contribution in [0.5, 0.6) is 5.75 Å². The number of amides is 2. The molecule has 1 fully saturated rings. The van der Waals surface area contributed by atoms with Crippen LogP contribution in [-0.4, -0.2) is 27.6 Å². The van der Waals surface area contributed by atoms with E-state index in [1.807, 2.05) is 37.4 Å². The monoisotopic (exact) mass is 367 g/mol. The number of nitrogens with one attached hydrogen (secondary N) is 2. The highest BCUT2D eigenvalue weighted by molar-refractivity contribution is 6.00. The Morgan fingerprint density at radius 1 is 1.33 bits per heavy atom. The Morgan fingerprint density at radius 3 is 3.00 bits per heavy atom. The first-order valence-corrected chi connectivity index (χ1v) is 8.93. The second-order valence-corrected chi connectivity index (χ2v) is 6.51. The van der Waals surface area contributed by atoms with Gasteiger partial charge in [-0.05, 0) is 38.0 Å². The molecule has 1 aliphatic carbocycles. The lowest BCUT2D eigenvalue weighted by Crippen LogP contribution is -2.20. The van der Waals surface area contributed by atoms with Crippen molar-refractivity contribution in [3.05, 3.63) is 54.2 Å². The van der Waals surface area contributed by atoms with Gasteiger partial charge in [-0.15, -0.1) is 0 Å². The number of benzene rings is 1. The fourth-order valence-electron chi connectivity index (χ4n) is 2.79. The van der Waals surface area contributed by atoms with Gasteiger partial charge in [0, 0.05) is 30.1 Å². The number of aryl methyl sites for hydroxylation is 1. The van der Waals surface area contributed by atoms with Crippen molar-refractivity contribution in [1.82, 2.24) is 14.9 Å². The van der Waals surface area contributed by atoms with Crippen LogP contribution in [-0.2, 0) is 6.54 Å². The number of rotatable bonds is 7. The maximum Gasteiger partial charge on any atom is 0.323 e. The molecule has 1 aliphatic rings. The molecule has 0 saturated heterocycles. The highest BCUT2D eigenvalue weighted by atomic mass is 16.5. The quantitative estimate of drug-likeness (QED) is 0.663. The molecule has 8 nitrogen and oxygen atoms in total. The van der Waals surface area contributed by atoms with Crippen LogP contribution in [0, 0.1) is 6.92 Å². The number of nitrogens with zero attached hydrogens (tertiary/aromatic N) is 3. The summed E-state index contributed by atoms with van der Waals surface area (Å²) >= 11 is 0. The summed E-state index contributed by atoms with van der Waals surface area (Å²) in [7, 11) is 0. The standard InChI is InChI=1S/C19H21N5O3/c1-13-17(18(27-23-13)14-6-7-14)22-19(25)21-15-4-2-5-16(12-15)26-11-10-24-9-3-8-20-24/h2-5,8-9,12,14H,6-7,10-11H2,1H3,(H2,21,22,25). The van der Waals surface area contributed by atoms with Gasteiger partial charge < -0.3 is 19.9 Å². The van der Waals surface area contributed by atoms with E-state index in [0.717, 1.165) is 18.6 Å². The molecule has 2 amide bonds. The predicted octanol–water partition coefficient (Wildman–Crippen LogP) is 3.78. The van der Waals surface area contributed by atoms with Crippen LogP contribution in [0.1, 0.15) is 30.2 Å². The van der Waals surface area contributed by atoms with Crippen LogP contribution in [0.25, 0.3) is 0 Å². The molecule has 2 heterocycles. The van der Waals surface area contributed by atoms with Gasteiger partial charge in [-0.2, -0.15) is 5.10 Å². The van der Waals surface area contributed by atoms with Crippen LogP contribution in [0.3, 0.4) is 0 Å². The van der Waals surface area contributed by atoms with Crippen molar-refractivity contribution in [3.63, 3.8) is 0 Å². The Bertz CT molecular complexity index is 915. The Labute approximate surface area is 156 Å². The summed E-state index contributed by atoms with van der Waals surface area (Å²) in [4.78, 5) is 12.4. The summed E-state index contributed by atoms with van der Waals surface area (Å²) in [6.45, 7) is 2.96. The van der Waals surface area contributed by atoms with E-state index in [0.29, 0.717) is 41.9 Å². The van der Waals surface area contributed by atoms with Crippen LogP contribution in [0.15, 0.2) is 47.2 Å². The van der Waals surface area contributed by atoms with E-state index >= 15 is 0 Å². The van der Waals surface area contributed by atoms with Gasteiger partial charge in [0.15, 0.2) is 5.76 Å². The minimum Gasteiger partial charge on any atom is -0.492 e. The van der Waals surface area contributed by atoms with Gasteiger partial charge in [0.2, 0.25) is 0 Å². The van der Waals surface area contributed by atoms with E-state index in [2.05, 4.69) is 20.9 Å². The molecular weight excluding hydrogens is 346 g/mol. The zero-order valence-corrected chi connectivity index (χ0v) is 15.0. The van der Waals surface area contributed by atoms with E-state index < -0.39 is 0 Å². The van der Waals surface area contributed by atoms with Crippen LogP contribution < -0.4 is 15.4 Å². The summed E-state index contributed by atoms with van der Waals surface area (Å²) in [5, 5.41) is 13.8. The third-order valence-corrected chi connectivity index (χ3v) is 4.32. The number of anilines is 2. The molecule has 140 valence electrons. The molecule has 0 bridgehead atoms. The smallest absolute Gasteiger partial charge is 0.323 e.